The number of nitrogens with two attached hydrogens (primary N) is 1. The van der Waals surface area contributed by atoms with E-state index in [0.717, 1.165) is 12.8 Å². The largest absolute Gasteiger partial charge is 0.367 e. The summed E-state index contributed by atoms with van der Waals surface area (Å²) in [4.78, 5) is 11.1. The van der Waals surface area contributed by atoms with Gasteiger partial charge in [-0.25, -0.2) is 0 Å². The average molecular weight is 291 g/mol. The van der Waals surface area contributed by atoms with E-state index in [1.807, 2.05) is 0 Å². The van der Waals surface area contributed by atoms with Gasteiger partial charge in [-0.3, -0.25) is 4.79 Å². The Morgan fingerprint density at radius 2 is 1.84 bits per heavy atom. The maximum absolute atomic E-state index is 12.5. The number of piperidine rings is 1. The molecule has 0 bridgehead atoms. The van der Waals surface area contributed by atoms with Crippen LogP contribution in [0.4, 0.5) is 0 Å². The number of ether oxygens (including phenoxy) is 1. The molecule has 2 aliphatic heterocycles. The predicted octanol–water partition coefficient (Wildman–Crippen LogP) is -0.851. The van der Waals surface area contributed by atoms with Gasteiger partial charge in [-0.15, -0.1) is 0 Å². The molecule has 2 fully saturated rings. The summed E-state index contributed by atoms with van der Waals surface area (Å²) in [7, 11) is -3.50. The lowest BCUT2D eigenvalue weighted by Crippen LogP contribution is -2.55. The van der Waals surface area contributed by atoms with Crippen molar-refractivity contribution in [3.8, 4) is 0 Å². The second-order valence-corrected chi connectivity index (χ2v) is 7.14. The molecule has 8 heteroatoms. The molecule has 0 spiro atoms. The number of carbonyl (C=O) groups excluding carboxylic acids is 1. The Morgan fingerprint density at radius 3 is 2.42 bits per heavy atom. The summed E-state index contributed by atoms with van der Waals surface area (Å²) >= 11 is 0. The summed E-state index contributed by atoms with van der Waals surface area (Å²) in [6.45, 7) is 3.71. The molecule has 0 aromatic heterocycles. The van der Waals surface area contributed by atoms with E-state index < -0.39 is 22.2 Å². The van der Waals surface area contributed by atoms with E-state index in [4.69, 9.17) is 10.5 Å². The van der Waals surface area contributed by atoms with Gasteiger partial charge in [0.05, 0.1) is 13.2 Å². The number of hydrogen-bond donors (Lipinski definition) is 1. The fourth-order valence-corrected chi connectivity index (χ4v) is 4.01. The highest BCUT2D eigenvalue weighted by atomic mass is 32.2. The maximum Gasteiger partial charge on any atom is 0.282 e. The van der Waals surface area contributed by atoms with Gasteiger partial charge in [-0.05, 0) is 18.8 Å². The molecule has 1 unspecified atom stereocenters. The third-order valence-electron chi connectivity index (χ3n) is 3.74. The summed E-state index contributed by atoms with van der Waals surface area (Å²) in [5, 5.41) is 0. The first-order valence-corrected chi connectivity index (χ1v) is 7.97. The third kappa shape index (κ3) is 3.25. The summed E-state index contributed by atoms with van der Waals surface area (Å²) < 4.78 is 32.9. The van der Waals surface area contributed by atoms with Crippen molar-refractivity contribution < 1.29 is 17.9 Å². The third-order valence-corrected chi connectivity index (χ3v) is 5.74. The lowest BCUT2D eigenvalue weighted by Gasteiger charge is -2.37. The van der Waals surface area contributed by atoms with E-state index in [0.29, 0.717) is 19.0 Å². The number of hydrogen-bond acceptors (Lipinski definition) is 4. The number of morpholine rings is 1. The van der Waals surface area contributed by atoms with Crippen LogP contribution in [0.3, 0.4) is 0 Å². The zero-order valence-electron chi connectivity index (χ0n) is 11.1. The molecule has 2 rings (SSSR count). The van der Waals surface area contributed by atoms with Gasteiger partial charge in [0.15, 0.2) is 0 Å². The second kappa shape index (κ2) is 5.74. The SMILES string of the molecule is CC1CCN(S(=O)(=O)N2CCOC(C(N)=O)C2)CC1. The van der Waals surface area contributed by atoms with Crippen molar-refractivity contribution in [3.63, 3.8) is 0 Å². The van der Waals surface area contributed by atoms with Crippen molar-refractivity contribution >= 4 is 16.1 Å². The van der Waals surface area contributed by atoms with Crippen molar-refractivity contribution in [3.05, 3.63) is 0 Å². The van der Waals surface area contributed by atoms with Gasteiger partial charge in [-0.2, -0.15) is 17.0 Å². The Kier molecular flexibility index (Phi) is 4.44. The van der Waals surface area contributed by atoms with Crippen LogP contribution >= 0.6 is 0 Å². The molecule has 0 aromatic rings. The highest BCUT2D eigenvalue weighted by molar-refractivity contribution is 7.86. The number of amides is 1. The molecule has 110 valence electrons. The van der Waals surface area contributed by atoms with E-state index in [1.54, 1.807) is 0 Å². The first kappa shape index (κ1) is 14.7. The van der Waals surface area contributed by atoms with Crippen LogP contribution in [0.15, 0.2) is 0 Å². The summed E-state index contributed by atoms with van der Waals surface area (Å²) in [6.07, 6.45) is 0.915. The van der Waals surface area contributed by atoms with Crippen molar-refractivity contribution in [1.82, 2.24) is 8.61 Å². The highest BCUT2D eigenvalue weighted by Gasteiger charge is 2.36. The molecule has 2 heterocycles. The predicted molar refractivity (Wildman–Crippen MR) is 69.4 cm³/mol. The van der Waals surface area contributed by atoms with Crippen LogP contribution in [-0.4, -0.2) is 61.8 Å². The van der Waals surface area contributed by atoms with Crippen LogP contribution in [0, 0.1) is 5.92 Å². The van der Waals surface area contributed by atoms with Crippen LogP contribution in [0.25, 0.3) is 0 Å². The van der Waals surface area contributed by atoms with Gasteiger partial charge >= 0.3 is 0 Å². The van der Waals surface area contributed by atoms with Crippen LogP contribution in [-0.2, 0) is 19.7 Å². The van der Waals surface area contributed by atoms with E-state index in [1.165, 1.54) is 8.61 Å². The first-order chi connectivity index (χ1) is 8.91. The Morgan fingerprint density at radius 1 is 1.21 bits per heavy atom. The molecule has 1 amide bonds. The van der Waals surface area contributed by atoms with Gasteiger partial charge in [0.2, 0.25) is 5.91 Å². The Bertz CT molecular complexity index is 431. The molecule has 1 atom stereocenters. The van der Waals surface area contributed by atoms with E-state index in [-0.39, 0.29) is 19.7 Å². The summed E-state index contributed by atoms with van der Waals surface area (Å²) in [5.41, 5.74) is 5.17. The first-order valence-electron chi connectivity index (χ1n) is 6.57. The lowest BCUT2D eigenvalue weighted by atomic mass is 10.0. The van der Waals surface area contributed by atoms with Gasteiger partial charge < -0.3 is 10.5 Å². The Hall–Kier alpha value is -0.700. The molecular formula is C11H21N3O4S. The number of rotatable bonds is 3. The zero-order valence-corrected chi connectivity index (χ0v) is 11.9. The molecule has 2 aliphatic rings. The standard InChI is InChI=1S/C11H21N3O4S/c1-9-2-4-13(5-3-9)19(16,17)14-6-7-18-10(8-14)11(12)15/h9-10H,2-8H2,1H3,(H2,12,15). The normalized spacial score (nSPS) is 28.4. The minimum Gasteiger partial charge on any atom is -0.367 e. The summed E-state index contributed by atoms with van der Waals surface area (Å²) in [6, 6.07) is 0. The van der Waals surface area contributed by atoms with Gasteiger partial charge in [0.25, 0.3) is 10.2 Å². The maximum atomic E-state index is 12.5. The molecule has 0 aliphatic carbocycles. The Labute approximate surface area is 113 Å². The monoisotopic (exact) mass is 291 g/mol. The number of carbonyl (C=O) groups is 1. The molecule has 2 saturated heterocycles. The lowest BCUT2D eigenvalue weighted by molar-refractivity contribution is -0.132. The quantitative estimate of drug-likeness (QED) is 0.733. The Balaban J connectivity index is 2.04. The molecule has 19 heavy (non-hydrogen) atoms. The molecular weight excluding hydrogens is 270 g/mol. The van der Waals surface area contributed by atoms with Crippen molar-refractivity contribution in [2.45, 2.75) is 25.9 Å². The zero-order chi connectivity index (χ0) is 14.0. The van der Waals surface area contributed by atoms with Crippen LogP contribution in [0.2, 0.25) is 0 Å². The fourth-order valence-electron chi connectivity index (χ4n) is 2.39. The number of primary amides is 1. The fraction of sp³-hybridized carbons (Fsp3) is 0.909. The minimum absolute atomic E-state index is 0.0176. The van der Waals surface area contributed by atoms with Crippen molar-refractivity contribution in [2.75, 3.05) is 32.8 Å². The smallest absolute Gasteiger partial charge is 0.282 e. The molecule has 0 aromatic carbocycles. The van der Waals surface area contributed by atoms with Crippen LogP contribution in [0.5, 0.6) is 0 Å². The van der Waals surface area contributed by atoms with Gasteiger partial charge in [0, 0.05) is 19.6 Å². The second-order valence-electron chi connectivity index (χ2n) is 5.21. The van der Waals surface area contributed by atoms with E-state index >= 15 is 0 Å². The average Bonchev–Trinajstić information content (AvgIpc) is 2.39. The highest BCUT2D eigenvalue weighted by Crippen LogP contribution is 2.22. The van der Waals surface area contributed by atoms with E-state index in [9.17, 15) is 13.2 Å². The van der Waals surface area contributed by atoms with Crippen LogP contribution in [0.1, 0.15) is 19.8 Å². The number of nitrogens with zero attached hydrogens (tertiary/aromatic N) is 2. The molecule has 0 saturated carbocycles. The molecule has 0 radical (unpaired) electrons. The molecule has 2 N–H and O–H groups in total. The van der Waals surface area contributed by atoms with Crippen molar-refractivity contribution in [1.29, 1.82) is 0 Å². The van der Waals surface area contributed by atoms with Crippen molar-refractivity contribution in [2.24, 2.45) is 11.7 Å². The van der Waals surface area contributed by atoms with Gasteiger partial charge in [0.1, 0.15) is 6.10 Å². The van der Waals surface area contributed by atoms with Crippen LogP contribution < -0.4 is 5.73 Å². The van der Waals surface area contributed by atoms with E-state index in [2.05, 4.69) is 6.92 Å². The topological polar surface area (TPSA) is 92.9 Å². The van der Waals surface area contributed by atoms with Gasteiger partial charge in [-0.1, -0.05) is 6.92 Å². The summed E-state index contributed by atoms with van der Waals surface area (Å²) in [5.74, 6) is -0.0540. The minimum atomic E-state index is -3.50. The molecule has 7 nitrogen and oxygen atoms in total.